The molecule has 0 radical (unpaired) electrons. The van der Waals surface area contributed by atoms with Crippen LogP contribution in [-0.2, 0) is 14.3 Å². The topological polar surface area (TPSA) is 47.6 Å². The summed E-state index contributed by atoms with van der Waals surface area (Å²) in [6, 6.07) is 0. The molecule has 0 aliphatic heterocycles. The van der Waals surface area contributed by atoms with E-state index in [-0.39, 0.29) is 17.0 Å². The van der Waals surface area contributed by atoms with Gasteiger partial charge in [-0.15, -0.1) is 0 Å². The highest BCUT2D eigenvalue weighted by Gasteiger charge is 2.13. The predicted octanol–water partition coefficient (Wildman–Crippen LogP) is 0.895. The average molecular weight is 254 g/mol. The van der Waals surface area contributed by atoms with Crippen LogP contribution in [0.25, 0.3) is 0 Å². The zero-order valence-corrected chi connectivity index (χ0v) is 9.76. The Kier molecular flexibility index (Phi) is 7.22. The number of methoxy groups -OCH3 is 2. The lowest BCUT2D eigenvalue weighted by Gasteiger charge is -2.15. The number of hydrogen-bond acceptors (Lipinski definition) is 3. The molecule has 0 aliphatic carbocycles. The molecule has 13 heavy (non-hydrogen) atoms. The summed E-state index contributed by atoms with van der Waals surface area (Å²) in [6.45, 7) is 2.30. The van der Waals surface area contributed by atoms with E-state index in [0.29, 0.717) is 6.54 Å². The first-order chi connectivity index (χ1) is 6.15. The predicted molar refractivity (Wildman–Crippen MR) is 53.8 cm³/mol. The van der Waals surface area contributed by atoms with E-state index in [2.05, 4.69) is 21.2 Å². The molecule has 0 aliphatic rings. The van der Waals surface area contributed by atoms with Crippen LogP contribution in [0, 0.1) is 0 Å². The van der Waals surface area contributed by atoms with Crippen molar-refractivity contribution in [2.24, 2.45) is 0 Å². The summed E-state index contributed by atoms with van der Waals surface area (Å²) in [5, 5.41) is 2.70. The second kappa shape index (κ2) is 7.29. The van der Waals surface area contributed by atoms with E-state index in [4.69, 9.17) is 9.47 Å². The minimum absolute atomic E-state index is 0.0402. The Labute approximate surface area is 87.1 Å². The lowest BCUT2D eigenvalue weighted by Crippen LogP contribution is -2.37. The van der Waals surface area contributed by atoms with Crippen LogP contribution in [0.1, 0.15) is 13.3 Å². The first-order valence-corrected chi connectivity index (χ1v) is 5.04. The number of carbonyl (C=O) groups excluding carboxylic acids is 1. The number of ether oxygens (including phenoxy) is 2. The second-order valence-corrected chi connectivity index (χ2v) is 3.63. The first-order valence-electron chi connectivity index (χ1n) is 4.13. The fourth-order valence-corrected chi connectivity index (χ4v) is 0.905. The van der Waals surface area contributed by atoms with Crippen molar-refractivity contribution >= 4 is 21.8 Å². The Morgan fingerprint density at radius 2 is 2.00 bits per heavy atom. The molecule has 0 saturated carbocycles. The van der Waals surface area contributed by atoms with E-state index >= 15 is 0 Å². The number of nitrogens with one attached hydrogen (secondary N) is 1. The third-order valence-electron chi connectivity index (χ3n) is 1.61. The van der Waals surface area contributed by atoms with Gasteiger partial charge < -0.3 is 14.8 Å². The van der Waals surface area contributed by atoms with E-state index < -0.39 is 0 Å². The van der Waals surface area contributed by atoms with Gasteiger partial charge >= 0.3 is 0 Å². The van der Waals surface area contributed by atoms with Gasteiger partial charge in [-0.05, 0) is 6.42 Å². The van der Waals surface area contributed by atoms with Crippen molar-refractivity contribution in [3.05, 3.63) is 0 Å². The summed E-state index contributed by atoms with van der Waals surface area (Å²) >= 11 is 3.24. The Hall–Kier alpha value is -0.130. The number of halogens is 1. The fourth-order valence-electron chi connectivity index (χ4n) is 0.743. The molecule has 0 rings (SSSR count). The molecular formula is C8H16BrNO3. The fraction of sp³-hybridized carbons (Fsp3) is 0.875. The highest BCUT2D eigenvalue weighted by atomic mass is 79.9. The summed E-state index contributed by atoms with van der Waals surface area (Å²) in [4.78, 5) is 11.1. The van der Waals surface area contributed by atoms with Crippen molar-refractivity contribution in [3.8, 4) is 0 Å². The van der Waals surface area contributed by atoms with Gasteiger partial charge in [-0.3, -0.25) is 4.79 Å². The molecule has 4 nitrogen and oxygen atoms in total. The summed E-state index contributed by atoms with van der Waals surface area (Å²) < 4.78 is 9.82. The van der Waals surface area contributed by atoms with Gasteiger partial charge in [-0.1, -0.05) is 22.9 Å². The zero-order valence-electron chi connectivity index (χ0n) is 8.17. The van der Waals surface area contributed by atoms with Crippen LogP contribution in [0.5, 0.6) is 0 Å². The lowest BCUT2D eigenvalue weighted by molar-refractivity contribution is -0.126. The molecule has 0 fully saturated rings. The van der Waals surface area contributed by atoms with Gasteiger partial charge in [0.05, 0.1) is 11.4 Å². The standard InChI is InChI=1S/C8H16BrNO3/c1-4-6(9)8(11)10-5-7(12-2)13-3/h6-7H,4-5H2,1-3H3,(H,10,11). The molecule has 78 valence electrons. The van der Waals surface area contributed by atoms with Crippen molar-refractivity contribution in [1.82, 2.24) is 5.32 Å². The number of carbonyl (C=O) groups is 1. The van der Waals surface area contributed by atoms with Crippen LogP contribution in [0.2, 0.25) is 0 Å². The molecule has 0 bridgehead atoms. The summed E-state index contributed by atoms with van der Waals surface area (Å²) in [5.74, 6) is -0.0402. The summed E-state index contributed by atoms with van der Waals surface area (Å²) in [6.07, 6.45) is 0.386. The minimum Gasteiger partial charge on any atom is -0.354 e. The Morgan fingerprint density at radius 3 is 2.38 bits per heavy atom. The molecule has 0 aromatic carbocycles. The molecule has 0 saturated heterocycles. The maximum absolute atomic E-state index is 11.2. The van der Waals surface area contributed by atoms with Crippen LogP contribution >= 0.6 is 15.9 Å². The molecule has 1 unspecified atom stereocenters. The largest absolute Gasteiger partial charge is 0.354 e. The van der Waals surface area contributed by atoms with Gasteiger partial charge in [-0.25, -0.2) is 0 Å². The van der Waals surface area contributed by atoms with Crippen LogP contribution in [-0.4, -0.2) is 37.8 Å². The smallest absolute Gasteiger partial charge is 0.233 e. The third-order valence-corrected chi connectivity index (χ3v) is 2.67. The zero-order chi connectivity index (χ0) is 10.3. The van der Waals surface area contributed by atoms with Gasteiger partial charge in [-0.2, -0.15) is 0 Å². The Morgan fingerprint density at radius 1 is 1.46 bits per heavy atom. The average Bonchev–Trinajstić information content (AvgIpc) is 2.17. The van der Waals surface area contributed by atoms with Gasteiger partial charge in [0, 0.05) is 14.2 Å². The first kappa shape index (κ1) is 12.9. The molecule has 5 heteroatoms. The highest BCUT2D eigenvalue weighted by Crippen LogP contribution is 2.03. The van der Waals surface area contributed by atoms with Crippen molar-refractivity contribution in [2.45, 2.75) is 24.5 Å². The molecule has 1 atom stereocenters. The molecular weight excluding hydrogens is 238 g/mol. The van der Waals surface area contributed by atoms with E-state index in [1.54, 1.807) is 0 Å². The van der Waals surface area contributed by atoms with E-state index in [1.807, 2.05) is 6.92 Å². The lowest BCUT2D eigenvalue weighted by atomic mass is 10.3. The van der Waals surface area contributed by atoms with E-state index in [0.717, 1.165) is 6.42 Å². The van der Waals surface area contributed by atoms with Crippen LogP contribution in [0.4, 0.5) is 0 Å². The SMILES string of the molecule is CCC(Br)C(=O)NCC(OC)OC. The number of hydrogen-bond donors (Lipinski definition) is 1. The van der Waals surface area contributed by atoms with Gasteiger partial charge in [0.15, 0.2) is 6.29 Å². The van der Waals surface area contributed by atoms with Gasteiger partial charge in [0.25, 0.3) is 0 Å². The van der Waals surface area contributed by atoms with Crippen molar-refractivity contribution < 1.29 is 14.3 Å². The number of amides is 1. The quantitative estimate of drug-likeness (QED) is 0.565. The van der Waals surface area contributed by atoms with Crippen LogP contribution in [0.15, 0.2) is 0 Å². The van der Waals surface area contributed by atoms with Crippen molar-refractivity contribution in [3.63, 3.8) is 0 Å². The molecule has 1 amide bonds. The minimum atomic E-state index is -0.375. The monoisotopic (exact) mass is 253 g/mol. The summed E-state index contributed by atoms with van der Waals surface area (Å²) in [5.41, 5.74) is 0. The number of alkyl halides is 1. The molecule has 1 N–H and O–H groups in total. The Bertz CT molecular complexity index is 150. The normalized spacial score (nSPS) is 13.0. The van der Waals surface area contributed by atoms with Crippen molar-refractivity contribution in [2.75, 3.05) is 20.8 Å². The maximum Gasteiger partial charge on any atom is 0.233 e. The van der Waals surface area contributed by atoms with E-state index in [1.165, 1.54) is 14.2 Å². The maximum atomic E-state index is 11.2. The third kappa shape index (κ3) is 5.23. The highest BCUT2D eigenvalue weighted by molar-refractivity contribution is 9.10. The van der Waals surface area contributed by atoms with Crippen molar-refractivity contribution in [1.29, 1.82) is 0 Å². The summed E-state index contributed by atoms with van der Waals surface area (Å²) in [7, 11) is 3.07. The van der Waals surface area contributed by atoms with Crippen LogP contribution < -0.4 is 5.32 Å². The molecule has 0 spiro atoms. The van der Waals surface area contributed by atoms with E-state index in [9.17, 15) is 4.79 Å². The van der Waals surface area contributed by atoms with Gasteiger partial charge in [0.2, 0.25) is 5.91 Å². The second-order valence-electron chi connectivity index (χ2n) is 2.52. The van der Waals surface area contributed by atoms with Crippen LogP contribution in [0.3, 0.4) is 0 Å². The Balaban J connectivity index is 3.68. The number of rotatable bonds is 6. The molecule has 0 aromatic rings. The molecule has 0 heterocycles. The molecule has 0 aromatic heterocycles. The van der Waals surface area contributed by atoms with Gasteiger partial charge in [0.1, 0.15) is 0 Å².